The molecule has 1 fully saturated rings. The summed E-state index contributed by atoms with van der Waals surface area (Å²) in [5, 5.41) is 8.11. The van der Waals surface area contributed by atoms with Crippen LogP contribution in [0.2, 0.25) is 0 Å². The second-order valence-electron chi connectivity index (χ2n) is 6.36. The first-order chi connectivity index (χ1) is 11.9. The Morgan fingerprint density at radius 1 is 1.12 bits per heavy atom. The molecule has 1 saturated heterocycles. The van der Waals surface area contributed by atoms with Gasteiger partial charge in [-0.25, -0.2) is 9.67 Å². The molecule has 0 radical (unpaired) electrons. The molecule has 0 amide bonds. The van der Waals surface area contributed by atoms with Crippen molar-refractivity contribution in [1.82, 2.24) is 24.6 Å². The summed E-state index contributed by atoms with van der Waals surface area (Å²) in [7, 11) is 0. The van der Waals surface area contributed by atoms with Gasteiger partial charge in [-0.05, 0) is 44.0 Å². The molecule has 2 aromatic heterocycles. The van der Waals surface area contributed by atoms with Gasteiger partial charge in [0.2, 0.25) is 0 Å². The average molecular weight is 394 g/mol. The van der Waals surface area contributed by atoms with E-state index >= 15 is 0 Å². The van der Waals surface area contributed by atoms with Gasteiger partial charge in [0, 0.05) is 24.5 Å². The van der Waals surface area contributed by atoms with Gasteiger partial charge >= 0.3 is 0 Å². The lowest BCUT2D eigenvalue weighted by atomic mass is 9.97. The molecule has 0 saturated carbocycles. The predicted molar refractivity (Wildman–Crippen MR) is 110 cm³/mol. The van der Waals surface area contributed by atoms with Crippen LogP contribution in [0, 0.1) is 0 Å². The number of imidazole rings is 1. The Labute approximate surface area is 166 Å². The number of para-hydroxylation sites is 1. The third-order valence-electron chi connectivity index (χ3n) is 4.89. The molecule has 2 atom stereocenters. The SMILES string of the molecule is CC[C@@H]1C[C@H](n2ccnc2-c2ccnn2-c2ccccc2)CCN1.Cl.Cl. The summed E-state index contributed by atoms with van der Waals surface area (Å²) < 4.78 is 4.30. The molecular formula is C19H25Cl2N5. The smallest absolute Gasteiger partial charge is 0.159 e. The van der Waals surface area contributed by atoms with Crippen molar-refractivity contribution in [2.45, 2.75) is 38.3 Å². The quantitative estimate of drug-likeness (QED) is 0.719. The highest BCUT2D eigenvalue weighted by Crippen LogP contribution is 2.29. The minimum atomic E-state index is 0. The Bertz CT molecular complexity index is 799. The highest BCUT2D eigenvalue weighted by molar-refractivity contribution is 5.85. The van der Waals surface area contributed by atoms with E-state index in [0.717, 1.165) is 36.6 Å². The summed E-state index contributed by atoms with van der Waals surface area (Å²) in [6.07, 6.45) is 9.32. The second kappa shape index (κ2) is 9.21. The van der Waals surface area contributed by atoms with Crippen molar-refractivity contribution in [2.24, 2.45) is 0 Å². The molecule has 0 unspecified atom stereocenters. The summed E-state index contributed by atoms with van der Waals surface area (Å²) in [6, 6.07) is 13.4. The van der Waals surface area contributed by atoms with E-state index in [-0.39, 0.29) is 24.8 Å². The van der Waals surface area contributed by atoms with Crippen LogP contribution in [-0.4, -0.2) is 31.9 Å². The van der Waals surface area contributed by atoms with Gasteiger partial charge in [-0.1, -0.05) is 25.1 Å². The standard InChI is InChI=1S/C19H23N5.2ClH/c1-2-15-14-17(8-10-20-15)23-13-12-21-19(23)18-9-11-22-24(18)16-6-4-3-5-7-16;;/h3-7,9,11-13,15,17,20H,2,8,10,14H2,1H3;2*1H/t15-,17-;;/m1../s1. The van der Waals surface area contributed by atoms with Gasteiger partial charge in [0.15, 0.2) is 5.82 Å². The van der Waals surface area contributed by atoms with Crippen LogP contribution in [0.5, 0.6) is 0 Å². The van der Waals surface area contributed by atoms with Gasteiger partial charge in [0.1, 0.15) is 5.69 Å². The number of benzene rings is 1. The third kappa shape index (κ3) is 3.95. The normalized spacial score (nSPS) is 19.4. The first kappa shape index (κ1) is 20.5. The molecule has 7 heteroatoms. The fourth-order valence-corrected chi connectivity index (χ4v) is 3.60. The molecule has 26 heavy (non-hydrogen) atoms. The molecule has 4 rings (SSSR count). The maximum absolute atomic E-state index is 4.65. The van der Waals surface area contributed by atoms with E-state index in [1.807, 2.05) is 41.3 Å². The van der Waals surface area contributed by atoms with Gasteiger partial charge in [-0.2, -0.15) is 5.10 Å². The van der Waals surface area contributed by atoms with Crippen LogP contribution in [-0.2, 0) is 0 Å². The molecule has 3 aromatic rings. The number of nitrogens with zero attached hydrogens (tertiary/aromatic N) is 4. The van der Waals surface area contributed by atoms with Crippen molar-refractivity contribution in [2.75, 3.05) is 6.54 Å². The zero-order valence-electron chi connectivity index (χ0n) is 14.8. The van der Waals surface area contributed by atoms with Crippen LogP contribution in [0.25, 0.3) is 17.2 Å². The number of nitrogens with one attached hydrogen (secondary N) is 1. The summed E-state index contributed by atoms with van der Waals surface area (Å²) in [5.74, 6) is 0.998. The van der Waals surface area contributed by atoms with E-state index in [9.17, 15) is 0 Å². The first-order valence-electron chi connectivity index (χ1n) is 8.73. The van der Waals surface area contributed by atoms with Gasteiger partial charge in [-0.15, -0.1) is 24.8 Å². The van der Waals surface area contributed by atoms with E-state index in [1.165, 1.54) is 6.42 Å². The Morgan fingerprint density at radius 2 is 1.92 bits per heavy atom. The predicted octanol–water partition coefficient (Wildman–Crippen LogP) is 4.28. The first-order valence-corrected chi connectivity index (χ1v) is 8.73. The average Bonchev–Trinajstić information content (AvgIpc) is 3.31. The lowest BCUT2D eigenvalue weighted by Crippen LogP contribution is -2.38. The topological polar surface area (TPSA) is 47.7 Å². The molecule has 140 valence electrons. The van der Waals surface area contributed by atoms with Crippen LogP contribution in [0.15, 0.2) is 55.0 Å². The summed E-state index contributed by atoms with van der Waals surface area (Å²) in [4.78, 5) is 4.65. The van der Waals surface area contributed by atoms with E-state index < -0.39 is 0 Å². The minimum absolute atomic E-state index is 0. The maximum Gasteiger partial charge on any atom is 0.159 e. The largest absolute Gasteiger partial charge is 0.327 e. The summed E-state index contributed by atoms with van der Waals surface area (Å²) >= 11 is 0. The fraction of sp³-hybridized carbons (Fsp3) is 0.368. The zero-order valence-corrected chi connectivity index (χ0v) is 16.4. The minimum Gasteiger partial charge on any atom is -0.327 e. The highest BCUT2D eigenvalue weighted by atomic mass is 35.5. The Hall–Kier alpha value is -1.82. The number of piperidine rings is 1. The van der Waals surface area contributed by atoms with Crippen molar-refractivity contribution in [1.29, 1.82) is 0 Å². The van der Waals surface area contributed by atoms with E-state index in [0.29, 0.717) is 12.1 Å². The fourth-order valence-electron chi connectivity index (χ4n) is 3.60. The van der Waals surface area contributed by atoms with Crippen LogP contribution in [0.4, 0.5) is 0 Å². The molecule has 3 heterocycles. The van der Waals surface area contributed by atoms with E-state index in [1.54, 1.807) is 0 Å². The monoisotopic (exact) mass is 393 g/mol. The van der Waals surface area contributed by atoms with E-state index in [2.05, 4.69) is 45.2 Å². The van der Waals surface area contributed by atoms with Crippen molar-refractivity contribution < 1.29 is 0 Å². The number of hydrogen-bond donors (Lipinski definition) is 1. The van der Waals surface area contributed by atoms with Gasteiger partial charge in [-0.3, -0.25) is 0 Å². The number of rotatable bonds is 4. The third-order valence-corrected chi connectivity index (χ3v) is 4.89. The van der Waals surface area contributed by atoms with Crippen molar-refractivity contribution in [3.63, 3.8) is 0 Å². The molecule has 0 bridgehead atoms. The van der Waals surface area contributed by atoms with Gasteiger partial charge < -0.3 is 9.88 Å². The van der Waals surface area contributed by atoms with Crippen LogP contribution in [0.3, 0.4) is 0 Å². The van der Waals surface area contributed by atoms with Gasteiger partial charge in [0.25, 0.3) is 0 Å². The summed E-state index contributed by atoms with van der Waals surface area (Å²) in [5.41, 5.74) is 2.10. The Morgan fingerprint density at radius 3 is 2.69 bits per heavy atom. The molecule has 1 N–H and O–H groups in total. The molecule has 0 aliphatic carbocycles. The van der Waals surface area contributed by atoms with E-state index in [4.69, 9.17) is 0 Å². The molecule has 5 nitrogen and oxygen atoms in total. The second-order valence-corrected chi connectivity index (χ2v) is 6.36. The van der Waals surface area contributed by atoms with Crippen molar-refractivity contribution in [3.05, 3.63) is 55.0 Å². The number of halogens is 2. The molecular weight excluding hydrogens is 369 g/mol. The lowest BCUT2D eigenvalue weighted by molar-refractivity contribution is 0.297. The Kier molecular flexibility index (Phi) is 7.26. The van der Waals surface area contributed by atoms with Crippen molar-refractivity contribution in [3.8, 4) is 17.2 Å². The highest BCUT2D eigenvalue weighted by Gasteiger charge is 2.24. The number of aromatic nitrogens is 4. The summed E-state index contributed by atoms with van der Waals surface area (Å²) in [6.45, 7) is 3.32. The Balaban J connectivity index is 0.00000121. The van der Waals surface area contributed by atoms with Crippen LogP contribution in [0.1, 0.15) is 32.2 Å². The van der Waals surface area contributed by atoms with Crippen LogP contribution < -0.4 is 5.32 Å². The molecule has 1 aliphatic rings. The maximum atomic E-state index is 4.65. The lowest BCUT2D eigenvalue weighted by Gasteiger charge is -2.31. The van der Waals surface area contributed by atoms with Crippen LogP contribution >= 0.6 is 24.8 Å². The van der Waals surface area contributed by atoms with Crippen molar-refractivity contribution >= 4 is 24.8 Å². The zero-order chi connectivity index (χ0) is 16.4. The van der Waals surface area contributed by atoms with Gasteiger partial charge in [0.05, 0.1) is 11.9 Å². The number of hydrogen-bond acceptors (Lipinski definition) is 3. The molecule has 0 spiro atoms. The molecule has 1 aromatic carbocycles. The molecule has 1 aliphatic heterocycles.